The van der Waals surface area contributed by atoms with Crippen LogP contribution in [0, 0.1) is 11.6 Å². The predicted octanol–water partition coefficient (Wildman–Crippen LogP) is 3.61. The van der Waals surface area contributed by atoms with Crippen molar-refractivity contribution in [3.05, 3.63) is 57.8 Å². The molecule has 1 N–H and O–H groups in total. The zero-order valence-corrected chi connectivity index (χ0v) is 18.5. The van der Waals surface area contributed by atoms with Gasteiger partial charge in [-0.05, 0) is 34.1 Å². The molecule has 31 heavy (non-hydrogen) atoms. The Kier molecular flexibility index (Phi) is 5.21. The van der Waals surface area contributed by atoms with E-state index < -0.39 is 38.2 Å². The number of esters is 1. The van der Waals surface area contributed by atoms with E-state index in [-0.39, 0.29) is 39.2 Å². The largest absolute Gasteiger partial charge is 0.494 e. The molecular weight excluding hydrogens is 500 g/mol. The van der Waals surface area contributed by atoms with Gasteiger partial charge in [0, 0.05) is 30.4 Å². The van der Waals surface area contributed by atoms with Crippen LogP contribution in [0.4, 0.5) is 14.5 Å². The molecule has 0 unspecified atom stereocenters. The number of hydrogen-bond acceptors (Lipinski definition) is 6. The minimum absolute atomic E-state index is 0.0943. The van der Waals surface area contributed by atoms with E-state index in [9.17, 15) is 22.0 Å². The molecule has 0 radical (unpaired) electrons. The number of aryl methyl sites for hydroxylation is 1. The van der Waals surface area contributed by atoms with Gasteiger partial charge >= 0.3 is 5.97 Å². The van der Waals surface area contributed by atoms with Gasteiger partial charge < -0.3 is 9.47 Å². The average molecular weight is 514 g/mol. The Hall–Kier alpha value is -2.99. The van der Waals surface area contributed by atoms with Gasteiger partial charge in [-0.2, -0.15) is 5.10 Å². The van der Waals surface area contributed by atoms with Crippen LogP contribution in [-0.4, -0.2) is 31.3 Å². The molecule has 2 heterocycles. The maximum atomic E-state index is 14.6. The number of halogens is 3. The van der Waals surface area contributed by atoms with E-state index in [0.29, 0.717) is 6.07 Å². The zero-order valence-electron chi connectivity index (χ0n) is 16.1. The second-order valence-electron chi connectivity index (χ2n) is 6.65. The summed E-state index contributed by atoms with van der Waals surface area (Å²) in [6.07, 6.45) is 1.46. The van der Waals surface area contributed by atoms with E-state index in [0.717, 1.165) is 12.1 Å². The predicted molar refractivity (Wildman–Crippen MR) is 109 cm³/mol. The first-order valence-corrected chi connectivity index (χ1v) is 11.0. The Morgan fingerprint density at radius 2 is 1.94 bits per heavy atom. The van der Waals surface area contributed by atoms with Gasteiger partial charge in [-0.3, -0.25) is 9.40 Å². The Morgan fingerprint density at radius 1 is 1.19 bits per heavy atom. The molecule has 0 spiro atoms. The highest BCUT2D eigenvalue weighted by atomic mass is 79.9. The van der Waals surface area contributed by atoms with E-state index in [1.54, 1.807) is 7.05 Å². The standard InChI is InChI=1S/C19H14BrF2N3O5S/c1-25-7-11-10-5-15(14(22)6-13(10)21)24-31(27,28)17-4-9(3-12(20)18(17)29-2)19(26)30-8-16(11)23-25/h3-7,24H,8H2,1-2H3. The second kappa shape index (κ2) is 7.61. The van der Waals surface area contributed by atoms with Crippen molar-refractivity contribution in [3.63, 3.8) is 0 Å². The number of fused-ring (bicyclic) bond motifs is 6. The Morgan fingerprint density at radius 3 is 2.65 bits per heavy atom. The number of cyclic esters (lactones) is 1. The molecule has 0 saturated heterocycles. The van der Waals surface area contributed by atoms with Crippen molar-refractivity contribution in [3.8, 4) is 16.9 Å². The number of benzene rings is 2. The molecule has 2 aromatic carbocycles. The lowest BCUT2D eigenvalue weighted by Crippen LogP contribution is -2.16. The second-order valence-corrected chi connectivity index (χ2v) is 9.15. The highest BCUT2D eigenvalue weighted by Gasteiger charge is 2.28. The zero-order chi connectivity index (χ0) is 22.5. The fourth-order valence-electron chi connectivity index (χ4n) is 3.20. The average Bonchev–Trinajstić information content (AvgIpc) is 3.07. The summed E-state index contributed by atoms with van der Waals surface area (Å²) in [5.41, 5.74) is -0.262. The van der Waals surface area contributed by atoms with Gasteiger partial charge in [0.1, 0.15) is 28.8 Å². The molecule has 4 rings (SSSR count). The van der Waals surface area contributed by atoms with Crippen molar-refractivity contribution in [1.29, 1.82) is 0 Å². The molecule has 0 aliphatic carbocycles. The molecule has 0 fully saturated rings. The smallest absolute Gasteiger partial charge is 0.338 e. The van der Waals surface area contributed by atoms with Gasteiger partial charge in [-0.25, -0.2) is 22.0 Å². The van der Waals surface area contributed by atoms with Gasteiger partial charge in [0.05, 0.1) is 22.8 Å². The number of sulfonamides is 1. The summed E-state index contributed by atoms with van der Waals surface area (Å²) in [6.45, 7) is -0.319. The monoisotopic (exact) mass is 513 g/mol. The van der Waals surface area contributed by atoms with Crippen LogP contribution in [0.5, 0.6) is 5.75 Å². The third-order valence-electron chi connectivity index (χ3n) is 4.58. The number of carbonyl (C=O) groups excluding carboxylic acids is 1. The first kappa shape index (κ1) is 21.2. The number of nitrogens with one attached hydrogen (secondary N) is 1. The third kappa shape index (κ3) is 3.76. The van der Waals surface area contributed by atoms with Gasteiger partial charge in [0.15, 0.2) is 5.75 Å². The van der Waals surface area contributed by atoms with E-state index in [2.05, 4.69) is 25.8 Å². The molecule has 0 saturated carbocycles. The lowest BCUT2D eigenvalue weighted by Gasteiger charge is -2.15. The summed E-state index contributed by atoms with van der Waals surface area (Å²) < 4.78 is 69.3. The summed E-state index contributed by atoms with van der Waals surface area (Å²) in [6, 6.07) is 3.97. The van der Waals surface area contributed by atoms with Crippen molar-refractivity contribution in [1.82, 2.24) is 9.78 Å². The number of anilines is 1. The summed E-state index contributed by atoms with van der Waals surface area (Å²) >= 11 is 3.17. The number of rotatable bonds is 1. The molecule has 1 aliphatic rings. The maximum Gasteiger partial charge on any atom is 0.338 e. The van der Waals surface area contributed by atoms with Gasteiger partial charge in [-0.1, -0.05) is 0 Å². The third-order valence-corrected chi connectivity index (χ3v) is 6.54. The van der Waals surface area contributed by atoms with E-state index >= 15 is 0 Å². The Labute approximate surface area is 184 Å². The molecule has 1 aromatic heterocycles. The van der Waals surface area contributed by atoms with Crippen molar-refractivity contribution in [2.24, 2.45) is 7.05 Å². The molecule has 3 aromatic rings. The summed E-state index contributed by atoms with van der Waals surface area (Å²) in [5.74, 6) is -3.00. The number of carbonyl (C=O) groups is 1. The van der Waals surface area contributed by atoms with E-state index in [4.69, 9.17) is 9.47 Å². The van der Waals surface area contributed by atoms with Crippen LogP contribution in [0.1, 0.15) is 16.1 Å². The number of methoxy groups -OCH3 is 1. The minimum Gasteiger partial charge on any atom is -0.494 e. The van der Waals surface area contributed by atoms with E-state index in [1.807, 2.05) is 0 Å². The molecule has 0 atom stereocenters. The maximum absolute atomic E-state index is 14.6. The first-order chi connectivity index (χ1) is 14.6. The normalized spacial score (nSPS) is 14.9. The molecule has 162 valence electrons. The Bertz CT molecular complexity index is 1340. The number of nitrogens with zero attached hydrogens (tertiary/aromatic N) is 2. The van der Waals surface area contributed by atoms with Gasteiger partial charge in [0.2, 0.25) is 0 Å². The lowest BCUT2D eigenvalue weighted by atomic mass is 10.0. The van der Waals surface area contributed by atoms with Crippen molar-refractivity contribution < 1.29 is 31.5 Å². The summed E-state index contributed by atoms with van der Waals surface area (Å²) in [7, 11) is -1.63. The van der Waals surface area contributed by atoms with Gasteiger partial charge in [0.25, 0.3) is 10.0 Å². The van der Waals surface area contributed by atoms with Crippen molar-refractivity contribution in [2.45, 2.75) is 11.5 Å². The molecule has 12 heteroatoms. The number of ether oxygens (including phenoxy) is 2. The van der Waals surface area contributed by atoms with Crippen molar-refractivity contribution >= 4 is 37.6 Å². The topological polar surface area (TPSA) is 99.5 Å². The quantitative estimate of drug-likeness (QED) is 0.499. The van der Waals surface area contributed by atoms with Crippen LogP contribution < -0.4 is 9.46 Å². The molecular formula is C19H14BrF2N3O5S. The minimum atomic E-state index is -4.45. The molecule has 1 aliphatic heterocycles. The van der Waals surface area contributed by atoms with Crippen molar-refractivity contribution in [2.75, 3.05) is 11.8 Å². The van der Waals surface area contributed by atoms with Crippen LogP contribution in [0.3, 0.4) is 0 Å². The van der Waals surface area contributed by atoms with Crippen LogP contribution in [0.25, 0.3) is 11.1 Å². The van der Waals surface area contributed by atoms with Crippen LogP contribution in [0.15, 0.2) is 39.8 Å². The van der Waals surface area contributed by atoms with E-state index in [1.165, 1.54) is 24.1 Å². The molecule has 0 amide bonds. The van der Waals surface area contributed by atoms with Crippen LogP contribution in [-0.2, 0) is 28.4 Å². The molecule has 8 nitrogen and oxygen atoms in total. The fourth-order valence-corrected chi connectivity index (χ4v) is 5.23. The molecule has 4 bridgehead atoms. The summed E-state index contributed by atoms with van der Waals surface area (Å²) in [4.78, 5) is 12.2. The summed E-state index contributed by atoms with van der Waals surface area (Å²) in [5, 5.41) is 4.17. The van der Waals surface area contributed by atoms with Crippen LogP contribution in [0.2, 0.25) is 0 Å². The Balaban J connectivity index is 2.01. The number of hydrogen-bond donors (Lipinski definition) is 1. The lowest BCUT2D eigenvalue weighted by molar-refractivity contribution is 0.0467. The highest BCUT2D eigenvalue weighted by Crippen LogP contribution is 2.37. The highest BCUT2D eigenvalue weighted by molar-refractivity contribution is 9.10. The number of aromatic nitrogens is 2. The van der Waals surface area contributed by atoms with Gasteiger partial charge in [-0.15, -0.1) is 0 Å². The van der Waals surface area contributed by atoms with Crippen LogP contribution >= 0.6 is 15.9 Å². The SMILES string of the molecule is COc1c(Br)cc2cc1S(=O)(=O)Nc1cc(c(F)cc1F)-c1cn(C)nc1COC2=O. The fraction of sp³-hybridized carbons (Fsp3) is 0.158. The first-order valence-electron chi connectivity index (χ1n) is 8.70.